The van der Waals surface area contributed by atoms with Gasteiger partial charge in [0.25, 0.3) is 0 Å². The highest BCUT2D eigenvalue weighted by atomic mass is 14.9. The molecule has 1 aromatic rings. The molecule has 1 heteroatoms. The predicted molar refractivity (Wildman–Crippen MR) is 113 cm³/mol. The lowest BCUT2D eigenvalue weighted by molar-refractivity contribution is -0.195. The predicted octanol–water partition coefficient (Wildman–Crippen LogP) is 7.09. The van der Waals surface area contributed by atoms with Gasteiger partial charge in [0.2, 0.25) is 0 Å². The number of aromatic nitrogens is 1. The average Bonchev–Trinajstić information content (AvgIpc) is 2.60. The molecular formula is C27H37N. The summed E-state index contributed by atoms with van der Waals surface area (Å²) in [6.45, 7) is 0. The molecule has 0 unspecified atom stereocenters. The number of hydrogen-bond acceptors (Lipinski definition) is 1. The highest BCUT2D eigenvalue weighted by Crippen LogP contribution is 2.79. The van der Waals surface area contributed by atoms with Gasteiger partial charge in [-0.1, -0.05) is 44.6 Å². The van der Waals surface area contributed by atoms with Crippen LogP contribution in [0.3, 0.4) is 0 Å². The standard InChI is InChI=1S/C27H37N/c1-3-8-20(9-4-1)24-14-26(15-24,16-24)22-12-7-13-23(28-22)27-17-25(18-27,19-27)21-10-5-2-6-11-21/h7,12-13,20-21H,1-6,8-11,14-19H2. The van der Waals surface area contributed by atoms with Gasteiger partial charge in [0.1, 0.15) is 0 Å². The molecule has 150 valence electrons. The van der Waals surface area contributed by atoms with Gasteiger partial charge >= 0.3 is 0 Å². The minimum absolute atomic E-state index is 0.498. The molecule has 28 heavy (non-hydrogen) atoms. The monoisotopic (exact) mass is 375 g/mol. The van der Waals surface area contributed by atoms with E-state index in [4.69, 9.17) is 4.98 Å². The molecule has 1 aromatic heterocycles. The topological polar surface area (TPSA) is 12.9 Å². The van der Waals surface area contributed by atoms with Crippen molar-refractivity contribution in [3.8, 4) is 0 Å². The van der Waals surface area contributed by atoms with Gasteiger partial charge in [0.15, 0.2) is 0 Å². The van der Waals surface area contributed by atoms with Gasteiger partial charge in [0, 0.05) is 22.2 Å². The van der Waals surface area contributed by atoms with Gasteiger partial charge < -0.3 is 0 Å². The molecule has 0 aliphatic heterocycles. The van der Waals surface area contributed by atoms with E-state index >= 15 is 0 Å². The van der Waals surface area contributed by atoms with Crippen LogP contribution < -0.4 is 0 Å². The Balaban J connectivity index is 1.05. The maximum absolute atomic E-state index is 5.39. The number of pyridine rings is 1. The van der Waals surface area contributed by atoms with Crippen LogP contribution in [0.25, 0.3) is 0 Å². The molecule has 4 bridgehead atoms. The Morgan fingerprint density at radius 1 is 0.571 bits per heavy atom. The van der Waals surface area contributed by atoms with E-state index < -0.39 is 0 Å². The lowest BCUT2D eigenvalue weighted by Gasteiger charge is -2.75. The van der Waals surface area contributed by atoms with Crippen molar-refractivity contribution in [1.29, 1.82) is 0 Å². The van der Waals surface area contributed by atoms with Crippen LogP contribution >= 0.6 is 0 Å². The van der Waals surface area contributed by atoms with Crippen LogP contribution in [0.1, 0.15) is 114 Å². The van der Waals surface area contributed by atoms with E-state index in [1.165, 1.54) is 114 Å². The second kappa shape index (κ2) is 5.44. The normalized spacial score (nSPS) is 47.4. The van der Waals surface area contributed by atoms with Gasteiger partial charge in [-0.05, 0) is 99.0 Å². The summed E-state index contributed by atoms with van der Waals surface area (Å²) < 4.78 is 0. The Bertz CT molecular complexity index is 691. The largest absolute Gasteiger partial charge is 0.257 e. The van der Waals surface area contributed by atoms with Crippen LogP contribution in [-0.2, 0) is 10.8 Å². The summed E-state index contributed by atoms with van der Waals surface area (Å²) in [6.07, 6.45) is 23.9. The lowest BCUT2D eigenvalue weighted by Crippen LogP contribution is -2.69. The van der Waals surface area contributed by atoms with Crippen molar-refractivity contribution >= 4 is 0 Å². The Kier molecular flexibility index (Phi) is 3.28. The molecule has 8 fully saturated rings. The summed E-state index contributed by atoms with van der Waals surface area (Å²) >= 11 is 0. The third kappa shape index (κ3) is 2.02. The van der Waals surface area contributed by atoms with Crippen molar-refractivity contribution < 1.29 is 0 Å². The molecular weight excluding hydrogens is 338 g/mol. The summed E-state index contributed by atoms with van der Waals surface area (Å²) in [5, 5.41) is 0. The Morgan fingerprint density at radius 2 is 0.964 bits per heavy atom. The van der Waals surface area contributed by atoms with Gasteiger partial charge in [-0.3, -0.25) is 4.98 Å². The highest BCUT2D eigenvalue weighted by Gasteiger charge is 2.72. The fourth-order valence-corrected chi connectivity index (χ4v) is 9.60. The molecule has 8 aliphatic carbocycles. The van der Waals surface area contributed by atoms with Gasteiger partial charge in [-0.15, -0.1) is 0 Å². The SMILES string of the molecule is c1cc(C23CC(C4CCCCC4)(C2)C3)nc(C23CC(C4CCCCC4)(C2)C3)c1. The Labute approximate surface area is 171 Å². The van der Waals surface area contributed by atoms with E-state index in [1.807, 2.05) is 0 Å². The van der Waals surface area contributed by atoms with Gasteiger partial charge in [-0.25, -0.2) is 0 Å². The molecule has 1 heterocycles. The van der Waals surface area contributed by atoms with Crippen LogP contribution in [-0.4, -0.2) is 4.98 Å². The number of rotatable bonds is 4. The molecule has 0 spiro atoms. The summed E-state index contributed by atoms with van der Waals surface area (Å²) in [4.78, 5) is 5.39. The molecule has 0 amide bonds. The van der Waals surface area contributed by atoms with Crippen molar-refractivity contribution in [3.05, 3.63) is 29.6 Å². The summed E-state index contributed by atoms with van der Waals surface area (Å²) in [6, 6.07) is 7.13. The maximum Gasteiger partial charge on any atom is 0.0469 e. The van der Waals surface area contributed by atoms with Crippen LogP contribution in [0, 0.1) is 22.7 Å². The fourth-order valence-electron chi connectivity index (χ4n) is 9.60. The second-order valence-electron chi connectivity index (χ2n) is 12.4. The first-order valence-corrected chi connectivity index (χ1v) is 12.6. The second-order valence-corrected chi connectivity index (χ2v) is 12.4. The highest BCUT2D eigenvalue weighted by molar-refractivity contribution is 5.40. The van der Waals surface area contributed by atoms with E-state index in [1.54, 1.807) is 0 Å². The maximum atomic E-state index is 5.39. The Morgan fingerprint density at radius 3 is 1.36 bits per heavy atom. The van der Waals surface area contributed by atoms with Gasteiger partial charge in [-0.2, -0.15) is 0 Å². The van der Waals surface area contributed by atoms with Crippen molar-refractivity contribution in [2.75, 3.05) is 0 Å². The molecule has 8 saturated carbocycles. The van der Waals surface area contributed by atoms with Gasteiger partial charge in [0.05, 0.1) is 0 Å². The third-order valence-electron chi connectivity index (χ3n) is 10.9. The summed E-state index contributed by atoms with van der Waals surface area (Å²) in [5.74, 6) is 2.11. The van der Waals surface area contributed by atoms with Crippen LogP contribution in [0.2, 0.25) is 0 Å². The minimum Gasteiger partial charge on any atom is -0.257 e. The molecule has 0 aromatic carbocycles. The zero-order chi connectivity index (χ0) is 18.5. The quantitative estimate of drug-likeness (QED) is 0.547. The first kappa shape index (κ1) is 16.9. The first-order chi connectivity index (χ1) is 13.7. The van der Waals surface area contributed by atoms with E-state index in [0.717, 1.165) is 22.7 Å². The molecule has 1 nitrogen and oxygen atoms in total. The number of nitrogens with zero attached hydrogens (tertiary/aromatic N) is 1. The lowest BCUT2D eigenvalue weighted by atomic mass is 9.29. The molecule has 0 atom stereocenters. The molecule has 0 radical (unpaired) electrons. The van der Waals surface area contributed by atoms with Crippen LogP contribution in [0.5, 0.6) is 0 Å². The Hall–Kier alpha value is -0.850. The third-order valence-corrected chi connectivity index (χ3v) is 10.9. The zero-order valence-electron chi connectivity index (χ0n) is 17.6. The molecule has 0 N–H and O–H groups in total. The van der Waals surface area contributed by atoms with Crippen molar-refractivity contribution in [3.63, 3.8) is 0 Å². The van der Waals surface area contributed by atoms with E-state index in [0.29, 0.717) is 10.8 Å². The zero-order valence-corrected chi connectivity index (χ0v) is 17.6. The minimum atomic E-state index is 0.498. The summed E-state index contributed by atoms with van der Waals surface area (Å²) in [5.41, 5.74) is 5.47. The van der Waals surface area contributed by atoms with Crippen LogP contribution in [0.4, 0.5) is 0 Å². The number of hydrogen-bond donors (Lipinski definition) is 0. The van der Waals surface area contributed by atoms with E-state index in [9.17, 15) is 0 Å². The van der Waals surface area contributed by atoms with Crippen molar-refractivity contribution in [1.82, 2.24) is 4.98 Å². The van der Waals surface area contributed by atoms with Crippen LogP contribution in [0.15, 0.2) is 18.2 Å². The molecule has 9 rings (SSSR count). The smallest absolute Gasteiger partial charge is 0.0469 e. The van der Waals surface area contributed by atoms with E-state index in [-0.39, 0.29) is 0 Å². The summed E-state index contributed by atoms with van der Waals surface area (Å²) in [7, 11) is 0. The first-order valence-electron chi connectivity index (χ1n) is 12.6. The van der Waals surface area contributed by atoms with Crippen molar-refractivity contribution in [2.24, 2.45) is 22.7 Å². The van der Waals surface area contributed by atoms with E-state index in [2.05, 4.69) is 18.2 Å². The average molecular weight is 376 g/mol. The molecule has 8 aliphatic rings. The fraction of sp³-hybridized carbons (Fsp3) is 0.815. The molecule has 0 saturated heterocycles. The van der Waals surface area contributed by atoms with Crippen molar-refractivity contribution in [2.45, 2.75) is 114 Å².